The second kappa shape index (κ2) is 4.33. The van der Waals surface area contributed by atoms with Crippen LogP contribution in [-0.2, 0) is 4.79 Å². The first-order valence-corrected chi connectivity index (χ1v) is 5.92. The Bertz CT molecular complexity index is 210. The van der Waals surface area contributed by atoms with Crippen LogP contribution in [0.15, 0.2) is 0 Å². The molecule has 0 aliphatic carbocycles. The molecule has 0 saturated carbocycles. The summed E-state index contributed by atoms with van der Waals surface area (Å²) in [6.07, 6.45) is 4.82. The fraction of sp³-hybridized carbons (Fsp3) is 0.917. The Balaban J connectivity index is 0.000000461. The molecule has 1 atom stereocenters. The van der Waals surface area contributed by atoms with E-state index in [2.05, 4.69) is 18.7 Å². The summed E-state index contributed by atoms with van der Waals surface area (Å²) in [6.45, 7) is 9.16. The number of carbonyl (C=O) groups excluding carboxylic acids is 1. The van der Waals surface area contributed by atoms with E-state index < -0.39 is 0 Å². The number of carbonyl (C=O) groups is 1. The van der Waals surface area contributed by atoms with E-state index in [9.17, 15) is 4.79 Å². The third-order valence-electron chi connectivity index (χ3n) is 3.21. The first kappa shape index (κ1) is 11.5. The van der Waals surface area contributed by atoms with Gasteiger partial charge in [0, 0.05) is 18.0 Å². The molecule has 2 nitrogen and oxygen atoms in total. The van der Waals surface area contributed by atoms with Crippen molar-refractivity contribution in [2.75, 3.05) is 6.54 Å². The third kappa shape index (κ3) is 1.94. The fourth-order valence-electron chi connectivity index (χ4n) is 2.55. The first-order valence-electron chi connectivity index (χ1n) is 5.92. The minimum Gasteiger partial charge on any atom is -0.339 e. The average molecular weight is 197 g/mol. The average Bonchev–Trinajstić information content (AvgIpc) is 2.42. The molecule has 0 radical (unpaired) electrons. The number of rotatable bonds is 0. The summed E-state index contributed by atoms with van der Waals surface area (Å²) in [4.78, 5) is 13.9. The number of fused-ring (bicyclic) bond motifs is 1. The minimum absolute atomic E-state index is 0.0744. The summed E-state index contributed by atoms with van der Waals surface area (Å²) in [5.74, 6) is 0.382. The van der Waals surface area contributed by atoms with Gasteiger partial charge in [0.25, 0.3) is 0 Å². The van der Waals surface area contributed by atoms with Crippen molar-refractivity contribution < 1.29 is 4.79 Å². The van der Waals surface area contributed by atoms with Crippen molar-refractivity contribution in [2.45, 2.75) is 59.4 Å². The van der Waals surface area contributed by atoms with E-state index in [1.165, 1.54) is 19.3 Å². The molecule has 82 valence electrons. The standard InChI is InChI=1S/C10H17NO.C2H6/c1-10(2)7-8-5-3-4-6-11(8)9(10)12;1-2/h8H,3-7H2,1-2H3;1-2H3. The first-order chi connectivity index (χ1) is 6.61. The summed E-state index contributed by atoms with van der Waals surface area (Å²) >= 11 is 0. The van der Waals surface area contributed by atoms with Crippen LogP contribution in [0.25, 0.3) is 0 Å². The van der Waals surface area contributed by atoms with Gasteiger partial charge in [0.1, 0.15) is 0 Å². The van der Waals surface area contributed by atoms with E-state index in [0.29, 0.717) is 11.9 Å². The summed E-state index contributed by atoms with van der Waals surface area (Å²) in [5, 5.41) is 0. The lowest BCUT2D eigenvalue weighted by molar-refractivity contribution is -0.136. The van der Waals surface area contributed by atoms with Crippen molar-refractivity contribution in [3.05, 3.63) is 0 Å². The molecule has 14 heavy (non-hydrogen) atoms. The molecule has 2 aliphatic rings. The van der Waals surface area contributed by atoms with Gasteiger partial charge >= 0.3 is 0 Å². The highest BCUT2D eigenvalue weighted by atomic mass is 16.2. The predicted molar refractivity (Wildman–Crippen MR) is 59.1 cm³/mol. The molecular weight excluding hydrogens is 174 g/mol. The molecule has 2 fully saturated rings. The molecule has 1 amide bonds. The maximum Gasteiger partial charge on any atom is 0.228 e. The van der Waals surface area contributed by atoms with Crippen molar-refractivity contribution in [1.82, 2.24) is 4.90 Å². The molecule has 0 aromatic heterocycles. The van der Waals surface area contributed by atoms with Crippen LogP contribution in [0.5, 0.6) is 0 Å². The van der Waals surface area contributed by atoms with Crippen LogP contribution in [0.2, 0.25) is 0 Å². The highest BCUT2D eigenvalue weighted by molar-refractivity contribution is 5.84. The van der Waals surface area contributed by atoms with E-state index in [-0.39, 0.29) is 5.41 Å². The molecule has 2 heterocycles. The van der Waals surface area contributed by atoms with Gasteiger partial charge in [0.05, 0.1) is 0 Å². The van der Waals surface area contributed by atoms with Gasteiger partial charge in [-0.3, -0.25) is 4.79 Å². The normalized spacial score (nSPS) is 29.3. The zero-order valence-corrected chi connectivity index (χ0v) is 9.97. The third-order valence-corrected chi connectivity index (χ3v) is 3.21. The van der Waals surface area contributed by atoms with E-state index in [0.717, 1.165) is 13.0 Å². The largest absolute Gasteiger partial charge is 0.339 e. The Kier molecular flexibility index (Phi) is 3.57. The summed E-state index contributed by atoms with van der Waals surface area (Å²) < 4.78 is 0. The van der Waals surface area contributed by atoms with Gasteiger partial charge in [0.2, 0.25) is 5.91 Å². The maximum atomic E-state index is 11.8. The van der Waals surface area contributed by atoms with Crippen molar-refractivity contribution in [3.8, 4) is 0 Å². The van der Waals surface area contributed by atoms with Crippen LogP contribution in [0, 0.1) is 5.41 Å². The van der Waals surface area contributed by atoms with Gasteiger partial charge in [-0.25, -0.2) is 0 Å². The molecular formula is C12H23NO. The quantitative estimate of drug-likeness (QED) is 0.585. The van der Waals surface area contributed by atoms with Crippen molar-refractivity contribution in [3.63, 3.8) is 0 Å². The van der Waals surface area contributed by atoms with Gasteiger partial charge < -0.3 is 4.90 Å². The number of nitrogens with zero attached hydrogens (tertiary/aromatic N) is 1. The van der Waals surface area contributed by atoms with Crippen LogP contribution in [0.4, 0.5) is 0 Å². The second-order valence-electron chi connectivity index (χ2n) is 4.74. The molecule has 2 heteroatoms. The number of hydrogen-bond acceptors (Lipinski definition) is 1. The molecule has 0 aromatic rings. The summed E-state index contributed by atoms with van der Waals surface area (Å²) in [7, 11) is 0. The molecule has 0 aromatic carbocycles. The van der Waals surface area contributed by atoms with E-state index in [1.54, 1.807) is 0 Å². The Morgan fingerprint density at radius 3 is 2.50 bits per heavy atom. The van der Waals surface area contributed by atoms with Gasteiger partial charge in [-0.2, -0.15) is 0 Å². The van der Waals surface area contributed by atoms with Crippen LogP contribution in [0.1, 0.15) is 53.4 Å². The minimum atomic E-state index is -0.0744. The SMILES string of the molecule is CC.CC1(C)CC2CCCCN2C1=O. The van der Waals surface area contributed by atoms with E-state index in [4.69, 9.17) is 0 Å². The lowest BCUT2D eigenvalue weighted by Crippen LogP contribution is -2.38. The lowest BCUT2D eigenvalue weighted by atomic mass is 9.89. The Morgan fingerprint density at radius 2 is 1.93 bits per heavy atom. The van der Waals surface area contributed by atoms with Crippen molar-refractivity contribution >= 4 is 5.91 Å². The molecule has 0 bridgehead atoms. The Hall–Kier alpha value is -0.530. The van der Waals surface area contributed by atoms with Gasteiger partial charge in [-0.1, -0.05) is 27.7 Å². The van der Waals surface area contributed by atoms with Gasteiger partial charge in [-0.15, -0.1) is 0 Å². The molecule has 2 saturated heterocycles. The zero-order chi connectivity index (χ0) is 10.8. The molecule has 1 unspecified atom stereocenters. The Labute approximate surface area is 87.7 Å². The van der Waals surface area contributed by atoms with E-state index >= 15 is 0 Å². The van der Waals surface area contributed by atoms with Crippen molar-refractivity contribution in [1.29, 1.82) is 0 Å². The highest BCUT2D eigenvalue weighted by Gasteiger charge is 2.45. The number of amides is 1. The monoisotopic (exact) mass is 197 g/mol. The highest BCUT2D eigenvalue weighted by Crippen LogP contribution is 2.39. The molecule has 2 rings (SSSR count). The lowest BCUT2D eigenvalue weighted by Gasteiger charge is -2.29. The van der Waals surface area contributed by atoms with Crippen LogP contribution < -0.4 is 0 Å². The predicted octanol–water partition coefficient (Wildman–Crippen LogP) is 2.82. The number of piperidine rings is 1. The molecule has 0 N–H and O–H groups in total. The second-order valence-corrected chi connectivity index (χ2v) is 4.74. The van der Waals surface area contributed by atoms with Crippen molar-refractivity contribution in [2.24, 2.45) is 5.41 Å². The topological polar surface area (TPSA) is 20.3 Å². The number of hydrogen-bond donors (Lipinski definition) is 0. The molecule has 2 aliphatic heterocycles. The van der Waals surface area contributed by atoms with Gasteiger partial charge in [-0.05, 0) is 25.7 Å². The summed E-state index contributed by atoms with van der Waals surface area (Å²) in [5.41, 5.74) is -0.0744. The summed E-state index contributed by atoms with van der Waals surface area (Å²) in [6, 6.07) is 0.571. The van der Waals surface area contributed by atoms with Crippen LogP contribution in [0.3, 0.4) is 0 Å². The Morgan fingerprint density at radius 1 is 1.29 bits per heavy atom. The fourth-order valence-corrected chi connectivity index (χ4v) is 2.55. The van der Waals surface area contributed by atoms with Crippen LogP contribution >= 0.6 is 0 Å². The zero-order valence-electron chi connectivity index (χ0n) is 9.97. The molecule has 0 spiro atoms. The van der Waals surface area contributed by atoms with Gasteiger partial charge in [0.15, 0.2) is 0 Å². The smallest absolute Gasteiger partial charge is 0.228 e. The maximum absolute atomic E-state index is 11.8. The van der Waals surface area contributed by atoms with E-state index in [1.807, 2.05) is 13.8 Å². The van der Waals surface area contributed by atoms with Crippen LogP contribution in [-0.4, -0.2) is 23.4 Å².